The van der Waals surface area contributed by atoms with Crippen molar-refractivity contribution in [3.05, 3.63) is 35.4 Å². The highest BCUT2D eigenvalue weighted by molar-refractivity contribution is 7.80. The second-order valence-electron chi connectivity index (χ2n) is 2.55. The molecule has 0 aliphatic carbocycles. The highest BCUT2D eigenvalue weighted by Gasteiger charge is 2.01. The standard InChI is InChI=1S/C9H12N2S/c1-11-6-7-4-2-3-5-8(7)9(10)12/h2-5,11H,6H2,1H3,(H2,10,12). The van der Waals surface area contributed by atoms with Gasteiger partial charge in [0.05, 0.1) is 0 Å². The Morgan fingerprint density at radius 3 is 2.75 bits per heavy atom. The monoisotopic (exact) mass is 180 g/mol. The smallest absolute Gasteiger partial charge is 0.104 e. The summed E-state index contributed by atoms with van der Waals surface area (Å²) < 4.78 is 0. The van der Waals surface area contributed by atoms with Crippen molar-refractivity contribution in [2.24, 2.45) is 5.73 Å². The van der Waals surface area contributed by atoms with Crippen LogP contribution >= 0.6 is 12.2 Å². The fourth-order valence-corrected chi connectivity index (χ4v) is 1.30. The van der Waals surface area contributed by atoms with Gasteiger partial charge in [-0.15, -0.1) is 0 Å². The molecule has 0 fully saturated rings. The summed E-state index contributed by atoms with van der Waals surface area (Å²) in [6, 6.07) is 7.88. The first-order valence-corrected chi connectivity index (χ1v) is 4.19. The minimum Gasteiger partial charge on any atom is -0.389 e. The van der Waals surface area contributed by atoms with E-state index in [2.05, 4.69) is 5.32 Å². The molecule has 3 N–H and O–H groups in total. The summed E-state index contributed by atoms with van der Waals surface area (Å²) in [5.41, 5.74) is 7.65. The van der Waals surface area contributed by atoms with Crippen LogP contribution in [0.1, 0.15) is 11.1 Å². The van der Waals surface area contributed by atoms with Gasteiger partial charge in [0.2, 0.25) is 0 Å². The lowest BCUT2D eigenvalue weighted by molar-refractivity contribution is 0.816. The van der Waals surface area contributed by atoms with E-state index >= 15 is 0 Å². The molecule has 0 spiro atoms. The van der Waals surface area contributed by atoms with Gasteiger partial charge in [-0.05, 0) is 12.6 Å². The summed E-state index contributed by atoms with van der Waals surface area (Å²) in [6.45, 7) is 0.799. The van der Waals surface area contributed by atoms with Crippen molar-refractivity contribution in [1.29, 1.82) is 0 Å². The predicted octanol–water partition coefficient (Wildman–Crippen LogP) is 1.04. The third kappa shape index (κ3) is 2.03. The largest absolute Gasteiger partial charge is 0.389 e. The van der Waals surface area contributed by atoms with Gasteiger partial charge in [-0.3, -0.25) is 0 Å². The van der Waals surface area contributed by atoms with Crippen molar-refractivity contribution in [1.82, 2.24) is 5.32 Å². The summed E-state index contributed by atoms with van der Waals surface area (Å²) >= 11 is 4.91. The molecule has 0 aliphatic heterocycles. The average molecular weight is 180 g/mol. The van der Waals surface area contributed by atoms with Crippen LogP contribution in [0.2, 0.25) is 0 Å². The molecule has 2 nitrogen and oxygen atoms in total. The molecule has 0 amide bonds. The fraction of sp³-hybridized carbons (Fsp3) is 0.222. The van der Waals surface area contributed by atoms with Gasteiger partial charge in [0.1, 0.15) is 4.99 Å². The highest BCUT2D eigenvalue weighted by atomic mass is 32.1. The van der Waals surface area contributed by atoms with E-state index in [9.17, 15) is 0 Å². The SMILES string of the molecule is CNCc1ccccc1C(N)=S. The quantitative estimate of drug-likeness (QED) is 0.683. The molecular formula is C9H12N2S. The lowest BCUT2D eigenvalue weighted by atomic mass is 10.1. The van der Waals surface area contributed by atoms with Crippen LogP contribution in [0.5, 0.6) is 0 Å². The van der Waals surface area contributed by atoms with E-state index in [-0.39, 0.29) is 0 Å². The van der Waals surface area contributed by atoms with Crippen LogP contribution in [0.4, 0.5) is 0 Å². The number of thiocarbonyl (C=S) groups is 1. The van der Waals surface area contributed by atoms with Crippen LogP contribution < -0.4 is 11.1 Å². The maximum atomic E-state index is 5.55. The predicted molar refractivity (Wildman–Crippen MR) is 55.1 cm³/mol. The second kappa shape index (κ2) is 4.18. The normalized spacial score (nSPS) is 9.75. The van der Waals surface area contributed by atoms with Crippen molar-refractivity contribution in [2.75, 3.05) is 7.05 Å². The Morgan fingerprint density at radius 1 is 1.50 bits per heavy atom. The molecule has 0 heterocycles. The molecule has 0 aliphatic rings. The zero-order valence-corrected chi connectivity index (χ0v) is 7.82. The Labute approximate surface area is 77.8 Å². The van der Waals surface area contributed by atoms with Crippen LogP contribution in [-0.2, 0) is 6.54 Å². The van der Waals surface area contributed by atoms with E-state index in [0.29, 0.717) is 4.99 Å². The average Bonchev–Trinajstić information content (AvgIpc) is 2.05. The topological polar surface area (TPSA) is 38.0 Å². The zero-order valence-electron chi connectivity index (χ0n) is 7.00. The van der Waals surface area contributed by atoms with Gasteiger partial charge < -0.3 is 11.1 Å². The van der Waals surface area contributed by atoms with Crippen LogP contribution in [0, 0.1) is 0 Å². The summed E-state index contributed by atoms with van der Waals surface area (Å²) in [5.74, 6) is 0. The van der Waals surface area contributed by atoms with Crippen molar-refractivity contribution in [3.8, 4) is 0 Å². The van der Waals surface area contributed by atoms with Gasteiger partial charge in [-0.2, -0.15) is 0 Å². The highest BCUT2D eigenvalue weighted by Crippen LogP contribution is 2.07. The molecule has 1 rings (SSSR count). The number of hydrogen-bond donors (Lipinski definition) is 2. The van der Waals surface area contributed by atoms with Gasteiger partial charge in [0.25, 0.3) is 0 Å². The van der Waals surface area contributed by atoms with Crippen molar-refractivity contribution < 1.29 is 0 Å². The van der Waals surface area contributed by atoms with E-state index in [0.717, 1.165) is 17.7 Å². The summed E-state index contributed by atoms with van der Waals surface area (Å²) in [6.07, 6.45) is 0. The molecule has 12 heavy (non-hydrogen) atoms. The first-order valence-electron chi connectivity index (χ1n) is 3.78. The third-order valence-corrected chi connectivity index (χ3v) is 1.87. The summed E-state index contributed by atoms with van der Waals surface area (Å²) in [4.78, 5) is 0.459. The van der Waals surface area contributed by atoms with E-state index in [1.165, 1.54) is 0 Å². The first kappa shape index (κ1) is 9.16. The molecule has 1 aromatic carbocycles. The molecule has 3 heteroatoms. The Kier molecular flexibility index (Phi) is 3.19. The Bertz CT molecular complexity index is 284. The lowest BCUT2D eigenvalue weighted by Crippen LogP contribution is -2.15. The van der Waals surface area contributed by atoms with Crippen LogP contribution in [0.15, 0.2) is 24.3 Å². The summed E-state index contributed by atoms with van der Waals surface area (Å²) in [7, 11) is 1.90. The second-order valence-corrected chi connectivity index (χ2v) is 2.99. The Balaban J connectivity index is 3.00. The Hall–Kier alpha value is -0.930. The van der Waals surface area contributed by atoms with Gasteiger partial charge in [0.15, 0.2) is 0 Å². The lowest BCUT2D eigenvalue weighted by Gasteiger charge is -2.06. The van der Waals surface area contributed by atoms with Crippen LogP contribution in [-0.4, -0.2) is 12.0 Å². The molecule has 0 unspecified atom stereocenters. The molecule has 0 saturated heterocycles. The molecule has 0 atom stereocenters. The van der Waals surface area contributed by atoms with Crippen LogP contribution in [0.25, 0.3) is 0 Å². The minimum atomic E-state index is 0.459. The number of benzene rings is 1. The number of rotatable bonds is 3. The molecule has 0 radical (unpaired) electrons. The van der Waals surface area contributed by atoms with Crippen molar-refractivity contribution in [2.45, 2.75) is 6.54 Å². The van der Waals surface area contributed by atoms with Gasteiger partial charge in [-0.1, -0.05) is 36.5 Å². The zero-order chi connectivity index (χ0) is 8.97. The van der Waals surface area contributed by atoms with E-state index in [1.54, 1.807) is 0 Å². The maximum absolute atomic E-state index is 5.55. The van der Waals surface area contributed by atoms with E-state index < -0.39 is 0 Å². The summed E-state index contributed by atoms with van der Waals surface area (Å²) in [5, 5.41) is 3.06. The number of nitrogens with two attached hydrogens (primary N) is 1. The van der Waals surface area contributed by atoms with Gasteiger partial charge in [-0.25, -0.2) is 0 Å². The van der Waals surface area contributed by atoms with E-state index in [1.807, 2.05) is 31.3 Å². The van der Waals surface area contributed by atoms with Crippen LogP contribution in [0.3, 0.4) is 0 Å². The Morgan fingerprint density at radius 2 is 2.17 bits per heavy atom. The minimum absolute atomic E-state index is 0.459. The molecule has 1 aromatic rings. The number of hydrogen-bond acceptors (Lipinski definition) is 2. The molecule has 0 saturated carbocycles. The third-order valence-electron chi connectivity index (χ3n) is 1.65. The maximum Gasteiger partial charge on any atom is 0.104 e. The van der Waals surface area contributed by atoms with E-state index in [4.69, 9.17) is 18.0 Å². The molecule has 64 valence electrons. The molecular weight excluding hydrogens is 168 g/mol. The van der Waals surface area contributed by atoms with Crippen molar-refractivity contribution >= 4 is 17.2 Å². The van der Waals surface area contributed by atoms with Gasteiger partial charge in [0, 0.05) is 12.1 Å². The first-order chi connectivity index (χ1) is 5.75. The fourth-order valence-electron chi connectivity index (χ4n) is 1.11. The molecule has 0 bridgehead atoms. The number of nitrogens with one attached hydrogen (secondary N) is 1. The molecule has 0 aromatic heterocycles. The van der Waals surface area contributed by atoms with Crippen molar-refractivity contribution in [3.63, 3.8) is 0 Å². The van der Waals surface area contributed by atoms with Gasteiger partial charge >= 0.3 is 0 Å².